The van der Waals surface area contributed by atoms with Gasteiger partial charge in [0.05, 0.1) is 22.4 Å². The van der Waals surface area contributed by atoms with Crippen molar-refractivity contribution in [2.24, 2.45) is 0 Å². The third-order valence-electron chi connectivity index (χ3n) is 3.17. The Hall–Kier alpha value is -2.36. The average molecular weight is 338 g/mol. The van der Waals surface area contributed by atoms with Crippen LogP contribution in [0.4, 0.5) is 10.8 Å². The highest BCUT2D eigenvalue weighted by molar-refractivity contribution is 7.98. The van der Waals surface area contributed by atoms with Gasteiger partial charge in [-0.2, -0.15) is 5.26 Å². The second kappa shape index (κ2) is 7.27. The molecule has 0 amide bonds. The van der Waals surface area contributed by atoms with Crippen molar-refractivity contribution in [3.63, 3.8) is 0 Å². The number of benzene rings is 1. The molecule has 0 saturated carbocycles. The Kier molecular flexibility index (Phi) is 4.91. The van der Waals surface area contributed by atoms with Gasteiger partial charge in [-0.25, -0.2) is 9.97 Å². The number of thioether (sulfide) groups is 1. The molecular weight excluding hydrogens is 324 g/mol. The Morgan fingerprint density at radius 2 is 2.17 bits per heavy atom. The Balaban J connectivity index is 1.63. The molecule has 23 heavy (non-hydrogen) atoms. The lowest BCUT2D eigenvalue weighted by Crippen LogP contribution is -1.92. The van der Waals surface area contributed by atoms with E-state index in [0.717, 1.165) is 27.3 Å². The van der Waals surface area contributed by atoms with Gasteiger partial charge in [-0.1, -0.05) is 30.0 Å². The maximum atomic E-state index is 8.91. The van der Waals surface area contributed by atoms with E-state index in [2.05, 4.69) is 34.3 Å². The Morgan fingerprint density at radius 1 is 1.30 bits per heavy atom. The number of anilines is 2. The maximum absolute atomic E-state index is 8.91. The van der Waals surface area contributed by atoms with Crippen molar-refractivity contribution in [3.05, 3.63) is 64.8 Å². The van der Waals surface area contributed by atoms with Crippen LogP contribution in [0.5, 0.6) is 0 Å². The number of hydrogen-bond donors (Lipinski definition) is 1. The number of nitriles is 1. The molecular formula is C17H14N4S2. The van der Waals surface area contributed by atoms with E-state index in [4.69, 9.17) is 5.26 Å². The molecule has 4 nitrogen and oxygen atoms in total. The number of nitrogens with zero attached hydrogens (tertiary/aromatic N) is 3. The van der Waals surface area contributed by atoms with Gasteiger partial charge in [-0.05, 0) is 30.7 Å². The molecule has 0 atom stereocenters. The first-order valence-corrected chi connectivity index (χ1v) is 8.87. The molecule has 2 aromatic heterocycles. The number of thiazole rings is 1. The first kappa shape index (κ1) is 15.5. The molecule has 0 radical (unpaired) electrons. The van der Waals surface area contributed by atoms with Gasteiger partial charge < -0.3 is 5.32 Å². The molecule has 0 aliphatic rings. The largest absolute Gasteiger partial charge is 0.331 e. The number of rotatable bonds is 5. The number of pyridine rings is 1. The standard InChI is InChI=1S/C17H14N4S2/c1-12-4-2-3-5-15(12)21-17-20-14(11-23-17)10-22-16-8-13(9-18)6-7-19-16/h2-8,11H,10H2,1H3,(H,20,21). The summed E-state index contributed by atoms with van der Waals surface area (Å²) in [4.78, 5) is 8.86. The van der Waals surface area contributed by atoms with E-state index in [1.54, 1.807) is 41.4 Å². The summed E-state index contributed by atoms with van der Waals surface area (Å²) in [7, 11) is 0. The van der Waals surface area contributed by atoms with Crippen LogP contribution in [-0.2, 0) is 5.75 Å². The predicted octanol–water partition coefficient (Wildman–Crippen LogP) is 4.75. The topological polar surface area (TPSA) is 61.6 Å². The fraction of sp³-hybridized carbons (Fsp3) is 0.118. The average Bonchev–Trinajstić information content (AvgIpc) is 3.03. The summed E-state index contributed by atoms with van der Waals surface area (Å²) in [6.45, 7) is 2.07. The number of nitrogens with one attached hydrogen (secondary N) is 1. The van der Waals surface area contributed by atoms with Crippen LogP contribution in [0.25, 0.3) is 0 Å². The van der Waals surface area contributed by atoms with Crippen LogP contribution < -0.4 is 5.32 Å². The van der Waals surface area contributed by atoms with Crippen molar-refractivity contribution in [1.82, 2.24) is 9.97 Å². The number of para-hydroxylation sites is 1. The Morgan fingerprint density at radius 3 is 3.00 bits per heavy atom. The maximum Gasteiger partial charge on any atom is 0.187 e. The predicted molar refractivity (Wildman–Crippen MR) is 95.1 cm³/mol. The molecule has 1 N–H and O–H groups in total. The SMILES string of the molecule is Cc1ccccc1Nc1nc(CSc2cc(C#N)ccn2)cs1. The minimum Gasteiger partial charge on any atom is -0.331 e. The second-order valence-electron chi connectivity index (χ2n) is 4.87. The van der Waals surface area contributed by atoms with Gasteiger partial charge in [0.2, 0.25) is 0 Å². The van der Waals surface area contributed by atoms with Crippen LogP contribution in [0.1, 0.15) is 16.8 Å². The molecule has 0 bridgehead atoms. The summed E-state index contributed by atoms with van der Waals surface area (Å²) in [5.41, 5.74) is 3.89. The molecule has 0 spiro atoms. The van der Waals surface area contributed by atoms with Crippen LogP contribution in [0.2, 0.25) is 0 Å². The second-order valence-corrected chi connectivity index (χ2v) is 6.72. The molecule has 0 aliphatic heterocycles. The number of aryl methyl sites for hydroxylation is 1. The summed E-state index contributed by atoms with van der Waals surface area (Å²) in [5, 5.41) is 16.0. The summed E-state index contributed by atoms with van der Waals surface area (Å²) in [6, 6.07) is 13.8. The van der Waals surface area contributed by atoms with Gasteiger partial charge in [0.15, 0.2) is 5.13 Å². The van der Waals surface area contributed by atoms with Gasteiger partial charge in [0.1, 0.15) is 0 Å². The fourth-order valence-electron chi connectivity index (χ4n) is 1.96. The van der Waals surface area contributed by atoms with E-state index in [1.807, 2.05) is 23.6 Å². The van der Waals surface area contributed by atoms with Crippen LogP contribution in [0.15, 0.2) is 53.0 Å². The minimum absolute atomic E-state index is 0.627. The molecule has 0 unspecified atom stereocenters. The van der Waals surface area contributed by atoms with Gasteiger partial charge in [-0.15, -0.1) is 11.3 Å². The minimum atomic E-state index is 0.627. The van der Waals surface area contributed by atoms with Crippen molar-refractivity contribution in [2.75, 3.05) is 5.32 Å². The molecule has 6 heteroatoms. The van der Waals surface area contributed by atoms with Crippen molar-refractivity contribution in [2.45, 2.75) is 17.7 Å². The quantitative estimate of drug-likeness (QED) is 0.680. The fourth-order valence-corrected chi connectivity index (χ4v) is 3.58. The molecule has 0 aliphatic carbocycles. The molecule has 3 rings (SSSR count). The van der Waals surface area contributed by atoms with Gasteiger partial charge in [-0.3, -0.25) is 0 Å². The zero-order chi connectivity index (χ0) is 16.1. The van der Waals surface area contributed by atoms with Crippen LogP contribution in [-0.4, -0.2) is 9.97 Å². The van der Waals surface area contributed by atoms with E-state index >= 15 is 0 Å². The Bertz CT molecular complexity index is 852. The highest BCUT2D eigenvalue weighted by Gasteiger charge is 2.05. The first-order valence-electron chi connectivity index (χ1n) is 7.00. The van der Waals surface area contributed by atoms with Crippen molar-refractivity contribution in [3.8, 4) is 6.07 Å². The van der Waals surface area contributed by atoms with Gasteiger partial charge in [0, 0.05) is 23.0 Å². The van der Waals surface area contributed by atoms with Crippen molar-refractivity contribution < 1.29 is 0 Å². The molecule has 1 aromatic carbocycles. The van der Waals surface area contributed by atoms with E-state index in [9.17, 15) is 0 Å². The van der Waals surface area contributed by atoms with Crippen molar-refractivity contribution in [1.29, 1.82) is 5.26 Å². The van der Waals surface area contributed by atoms with Crippen LogP contribution in [0.3, 0.4) is 0 Å². The van der Waals surface area contributed by atoms with E-state index in [1.165, 1.54) is 5.56 Å². The summed E-state index contributed by atoms with van der Waals surface area (Å²) in [5.74, 6) is 0.730. The molecule has 3 aromatic rings. The number of hydrogen-bond acceptors (Lipinski definition) is 6. The smallest absolute Gasteiger partial charge is 0.187 e. The van der Waals surface area contributed by atoms with Crippen molar-refractivity contribution >= 4 is 33.9 Å². The highest BCUT2D eigenvalue weighted by atomic mass is 32.2. The summed E-state index contributed by atoms with van der Waals surface area (Å²) >= 11 is 3.17. The zero-order valence-electron chi connectivity index (χ0n) is 12.5. The molecule has 0 saturated heterocycles. The third kappa shape index (κ3) is 4.09. The van der Waals surface area contributed by atoms with Gasteiger partial charge in [0.25, 0.3) is 0 Å². The number of aromatic nitrogens is 2. The van der Waals surface area contributed by atoms with E-state index < -0.39 is 0 Å². The van der Waals surface area contributed by atoms with E-state index in [0.29, 0.717) is 5.56 Å². The van der Waals surface area contributed by atoms with Gasteiger partial charge >= 0.3 is 0 Å². The highest BCUT2D eigenvalue weighted by Crippen LogP contribution is 2.27. The third-order valence-corrected chi connectivity index (χ3v) is 4.94. The lowest BCUT2D eigenvalue weighted by molar-refractivity contribution is 1.12. The lowest BCUT2D eigenvalue weighted by atomic mass is 10.2. The van der Waals surface area contributed by atoms with E-state index in [-0.39, 0.29) is 0 Å². The zero-order valence-corrected chi connectivity index (χ0v) is 14.1. The first-order chi connectivity index (χ1) is 11.2. The van der Waals surface area contributed by atoms with Crippen LogP contribution >= 0.6 is 23.1 Å². The molecule has 2 heterocycles. The normalized spacial score (nSPS) is 10.3. The monoisotopic (exact) mass is 338 g/mol. The summed E-state index contributed by atoms with van der Waals surface area (Å²) < 4.78 is 0. The summed E-state index contributed by atoms with van der Waals surface area (Å²) in [6.07, 6.45) is 1.66. The molecule has 114 valence electrons. The Labute approximate surface area is 143 Å². The lowest BCUT2D eigenvalue weighted by Gasteiger charge is -2.05. The molecule has 0 fully saturated rings. The van der Waals surface area contributed by atoms with Crippen LogP contribution in [0, 0.1) is 18.3 Å².